The highest BCUT2D eigenvalue weighted by molar-refractivity contribution is 5.70. The number of rotatable bonds is 2. The van der Waals surface area contributed by atoms with Crippen molar-refractivity contribution < 1.29 is 0 Å². The van der Waals surface area contributed by atoms with Crippen molar-refractivity contribution in [2.45, 2.75) is 34.6 Å². The summed E-state index contributed by atoms with van der Waals surface area (Å²) in [5.41, 5.74) is 6.71. The highest BCUT2D eigenvalue weighted by Crippen LogP contribution is 2.20. The van der Waals surface area contributed by atoms with Crippen LogP contribution in [0.15, 0.2) is 35.9 Å². The molecule has 0 heterocycles. The number of hydrogen-bond donors (Lipinski definition) is 0. The number of allylic oxidation sites excluding steroid dienone is 4. The van der Waals surface area contributed by atoms with Gasteiger partial charge in [0.25, 0.3) is 0 Å². The van der Waals surface area contributed by atoms with Crippen LogP contribution in [0.2, 0.25) is 0 Å². The molecular formula is C15H20. The molecule has 1 rings (SSSR count). The average molecular weight is 200 g/mol. The Morgan fingerprint density at radius 3 is 1.73 bits per heavy atom. The normalized spacial score (nSPS) is 11.4. The molecule has 15 heavy (non-hydrogen) atoms. The predicted molar refractivity (Wildman–Crippen MR) is 69.7 cm³/mol. The minimum Gasteiger partial charge on any atom is -0.0841 e. The van der Waals surface area contributed by atoms with Gasteiger partial charge in [0.1, 0.15) is 0 Å². The van der Waals surface area contributed by atoms with Crippen molar-refractivity contribution in [3.05, 3.63) is 47.0 Å². The lowest BCUT2D eigenvalue weighted by atomic mass is 9.99. The molecule has 80 valence electrons. The van der Waals surface area contributed by atoms with Crippen LogP contribution >= 0.6 is 0 Å². The standard InChI is InChI=1S/C15H20/c1-6-12(4)14-7-9-15(10-8-14)13(5)11(2)3/h6-10H,1-5H3. The molecule has 0 aliphatic heterocycles. The molecule has 0 aliphatic rings. The molecule has 0 saturated carbocycles. The van der Waals surface area contributed by atoms with Gasteiger partial charge in [-0.1, -0.05) is 35.9 Å². The predicted octanol–water partition coefficient (Wildman–Crippen LogP) is 4.92. The fourth-order valence-corrected chi connectivity index (χ4v) is 1.44. The Balaban J connectivity index is 3.06. The zero-order chi connectivity index (χ0) is 11.4. The van der Waals surface area contributed by atoms with E-state index in [9.17, 15) is 0 Å². The summed E-state index contributed by atoms with van der Waals surface area (Å²) < 4.78 is 0. The monoisotopic (exact) mass is 200 g/mol. The van der Waals surface area contributed by atoms with Crippen LogP contribution in [0.5, 0.6) is 0 Å². The third kappa shape index (κ3) is 2.82. The molecular weight excluding hydrogens is 180 g/mol. The Kier molecular flexibility index (Phi) is 3.90. The Morgan fingerprint density at radius 2 is 1.33 bits per heavy atom. The maximum absolute atomic E-state index is 2.20. The van der Waals surface area contributed by atoms with Crippen LogP contribution < -0.4 is 0 Å². The molecule has 0 amide bonds. The van der Waals surface area contributed by atoms with Gasteiger partial charge in [-0.15, -0.1) is 0 Å². The summed E-state index contributed by atoms with van der Waals surface area (Å²) in [6.45, 7) is 10.7. The van der Waals surface area contributed by atoms with Gasteiger partial charge in [0, 0.05) is 0 Å². The molecule has 1 aromatic rings. The molecule has 1 aromatic carbocycles. The Morgan fingerprint density at radius 1 is 0.867 bits per heavy atom. The van der Waals surface area contributed by atoms with E-state index in [1.807, 2.05) is 0 Å². The van der Waals surface area contributed by atoms with Crippen LogP contribution in [0.25, 0.3) is 11.1 Å². The first-order valence-electron chi connectivity index (χ1n) is 5.44. The summed E-state index contributed by atoms with van der Waals surface area (Å²) >= 11 is 0. The molecule has 0 bridgehead atoms. The van der Waals surface area contributed by atoms with Gasteiger partial charge in [0.2, 0.25) is 0 Å². The van der Waals surface area contributed by atoms with E-state index >= 15 is 0 Å². The summed E-state index contributed by atoms with van der Waals surface area (Å²) in [6, 6.07) is 8.78. The van der Waals surface area contributed by atoms with E-state index in [1.165, 1.54) is 27.8 Å². The third-order valence-corrected chi connectivity index (χ3v) is 2.96. The molecule has 0 spiro atoms. The van der Waals surface area contributed by atoms with Gasteiger partial charge in [-0.05, 0) is 56.9 Å². The molecule has 0 heteroatoms. The first-order valence-corrected chi connectivity index (χ1v) is 5.44. The highest BCUT2D eigenvalue weighted by Gasteiger charge is 1.98. The zero-order valence-corrected chi connectivity index (χ0v) is 10.4. The van der Waals surface area contributed by atoms with Crippen molar-refractivity contribution in [1.82, 2.24) is 0 Å². The average Bonchev–Trinajstić information content (AvgIpc) is 2.27. The largest absolute Gasteiger partial charge is 0.0841 e. The maximum Gasteiger partial charge on any atom is -0.0228 e. The van der Waals surface area contributed by atoms with Gasteiger partial charge in [-0.25, -0.2) is 0 Å². The second-order valence-electron chi connectivity index (χ2n) is 4.17. The molecule has 0 N–H and O–H groups in total. The fraction of sp³-hybridized carbons (Fsp3) is 0.333. The molecule has 0 nitrogen and oxygen atoms in total. The highest BCUT2D eigenvalue weighted by atomic mass is 14.0. The van der Waals surface area contributed by atoms with Crippen LogP contribution in [-0.4, -0.2) is 0 Å². The lowest BCUT2D eigenvalue weighted by Gasteiger charge is -2.06. The molecule has 0 unspecified atom stereocenters. The van der Waals surface area contributed by atoms with E-state index in [4.69, 9.17) is 0 Å². The quantitative estimate of drug-likeness (QED) is 0.635. The topological polar surface area (TPSA) is 0 Å². The van der Waals surface area contributed by atoms with Crippen LogP contribution in [-0.2, 0) is 0 Å². The number of hydrogen-bond acceptors (Lipinski definition) is 0. The molecule has 0 atom stereocenters. The van der Waals surface area contributed by atoms with Crippen LogP contribution in [0.4, 0.5) is 0 Å². The van der Waals surface area contributed by atoms with Crippen molar-refractivity contribution in [1.29, 1.82) is 0 Å². The lowest BCUT2D eigenvalue weighted by molar-refractivity contribution is 1.36. The summed E-state index contributed by atoms with van der Waals surface area (Å²) in [4.78, 5) is 0. The van der Waals surface area contributed by atoms with Crippen molar-refractivity contribution >= 4 is 11.1 Å². The first-order chi connectivity index (χ1) is 7.06. The van der Waals surface area contributed by atoms with Crippen LogP contribution in [0.1, 0.15) is 45.7 Å². The Labute approximate surface area is 93.3 Å². The third-order valence-electron chi connectivity index (χ3n) is 2.96. The van der Waals surface area contributed by atoms with E-state index in [1.54, 1.807) is 0 Å². The van der Waals surface area contributed by atoms with Crippen LogP contribution in [0.3, 0.4) is 0 Å². The van der Waals surface area contributed by atoms with Crippen molar-refractivity contribution in [2.75, 3.05) is 0 Å². The Hall–Kier alpha value is -1.30. The van der Waals surface area contributed by atoms with Gasteiger partial charge in [-0.2, -0.15) is 0 Å². The SMILES string of the molecule is CC=C(C)c1ccc(C(C)=C(C)C)cc1. The first kappa shape index (κ1) is 11.8. The minimum atomic E-state index is 1.31. The molecule has 0 saturated heterocycles. The van der Waals surface area contributed by atoms with E-state index in [0.717, 1.165) is 0 Å². The maximum atomic E-state index is 2.20. The van der Waals surface area contributed by atoms with Gasteiger partial charge < -0.3 is 0 Å². The van der Waals surface area contributed by atoms with Crippen molar-refractivity contribution in [2.24, 2.45) is 0 Å². The second kappa shape index (κ2) is 4.97. The Bertz CT molecular complexity index is 385. The summed E-state index contributed by atoms with van der Waals surface area (Å²) in [7, 11) is 0. The van der Waals surface area contributed by atoms with Gasteiger partial charge in [-0.3, -0.25) is 0 Å². The second-order valence-corrected chi connectivity index (χ2v) is 4.17. The van der Waals surface area contributed by atoms with Gasteiger partial charge in [0.05, 0.1) is 0 Å². The van der Waals surface area contributed by atoms with Crippen molar-refractivity contribution in [3.63, 3.8) is 0 Å². The minimum absolute atomic E-state index is 1.31. The van der Waals surface area contributed by atoms with Gasteiger partial charge >= 0.3 is 0 Å². The fourth-order valence-electron chi connectivity index (χ4n) is 1.44. The van der Waals surface area contributed by atoms with Crippen molar-refractivity contribution in [3.8, 4) is 0 Å². The number of benzene rings is 1. The van der Waals surface area contributed by atoms with Crippen LogP contribution in [0, 0.1) is 0 Å². The van der Waals surface area contributed by atoms with E-state index in [2.05, 4.69) is 65.0 Å². The molecule has 0 radical (unpaired) electrons. The van der Waals surface area contributed by atoms with E-state index in [-0.39, 0.29) is 0 Å². The molecule has 0 fully saturated rings. The lowest BCUT2D eigenvalue weighted by Crippen LogP contribution is -1.84. The van der Waals surface area contributed by atoms with E-state index < -0.39 is 0 Å². The molecule has 0 aromatic heterocycles. The summed E-state index contributed by atoms with van der Waals surface area (Å²) in [6.07, 6.45) is 2.14. The zero-order valence-electron chi connectivity index (χ0n) is 10.4. The summed E-state index contributed by atoms with van der Waals surface area (Å²) in [5, 5.41) is 0. The molecule has 0 aliphatic carbocycles. The van der Waals surface area contributed by atoms with E-state index in [0.29, 0.717) is 0 Å². The smallest absolute Gasteiger partial charge is 0.0228 e. The summed E-state index contributed by atoms with van der Waals surface area (Å²) in [5.74, 6) is 0. The van der Waals surface area contributed by atoms with Gasteiger partial charge in [0.15, 0.2) is 0 Å².